The summed E-state index contributed by atoms with van der Waals surface area (Å²) in [6.45, 7) is 0.390. The van der Waals surface area contributed by atoms with E-state index in [-0.39, 0.29) is 13.2 Å². The van der Waals surface area contributed by atoms with E-state index in [2.05, 4.69) is 0 Å². The zero-order valence-electron chi connectivity index (χ0n) is 8.12. The van der Waals surface area contributed by atoms with E-state index < -0.39 is 15.6 Å². The van der Waals surface area contributed by atoms with Gasteiger partial charge in [0.05, 0.1) is 0 Å². The van der Waals surface area contributed by atoms with Gasteiger partial charge in [-0.15, -0.1) is 0 Å². The predicted octanol–water partition coefficient (Wildman–Crippen LogP) is -2.11. The number of unbranched alkanes of at least 4 members (excludes halogenated alkanes) is 1. The lowest BCUT2D eigenvalue weighted by atomic mass is 10.3. The Morgan fingerprint density at radius 3 is 0.812 bits per heavy atom. The van der Waals surface area contributed by atoms with E-state index in [0.29, 0.717) is 0 Å². The van der Waals surface area contributed by atoms with E-state index >= 15 is 0 Å². The molecule has 8 N–H and O–H groups in total. The summed E-state index contributed by atoms with van der Waals surface area (Å²) in [5.41, 5.74) is 0. The molecule has 0 atom stereocenters. The van der Waals surface area contributed by atoms with Crippen molar-refractivity contribution in [3.63, 3.8) is 0 Å². The third-order valence-corrected chi connectivity index (χ3v) is 0.566. The first-order valence-corrected chi connectivity index (χ1v) is 6.83. The molecular formula is C4H16O10P2. The fourth-order valence-electron chi connectivity index (χ4n) is 0.224. The monoisotopic (exact) mass is 286 g/mol. The van der Waals surface area contributed by atoms with Crippen LogP contribution in [0.1, 0.15) is 12.8 Å². The van der Waals surface area contributed by atoms with Crippen LogP contribution in [0.25, 0.3) is 0 Å². The average Bonchev–Trinajstić information content (AvgIpc) is 1.94. The normalized spacial score (nSPS) is 10.8. The first kappa shape index (κ1) is 21.4. The molecule has 0 bridgehead atoms. The summed E-state index contributed by atoms with van der Waals surface area (Å²) >= 11 is 0. The molecule has 10 nitrogen and oxygen atoms in total. The molecule has 0 unspecified atom stereocenters. The Morgan fingerprint density at radius 2 is 0.750 bits per heavy atom. The molecule has 102 valence electrons. The smallest absolute Gasteiger partial charge is 0.396 e. The van der Waals surface area contributed by atoms with Crippen molar-refractivity contribution in [3.8, 4) is 0 Å². The maximum atomic E-state index is 8.88. The highest BCUT2D eigenvalue weighted by Gasteiger charge is 2.00. The number of phosphoric acid groups is 2. The van der Waals surface area contributed by atoms with Crippen LogP contribution < -0.4 is 0 Å². The molecule has 0 amide bonds. The van der Waals surface area contributed by atoms with Crippen LogP contribution in [0.4, 0.5) is 0 Å². The minimum atomic E-state index is -4.64. The second-order valence-corrected chi connectivity index (χ2v) is 4.23. The van der Waals surface area contributed by atoms with Crippen LogP contribution in [-0.2, 0) is 9.13 Å². The highest BCUT2D eigenvalue weighted by Crippen LogP contribution is 2.26. The van der Waals surface area contributed by atoms with Crippen LogP contribution in [-0.4, -0.2) is 52.8 Å². The molecule has 0 spiro atoms. The lowest BCUT2D eigenvalue weighted by molar-refractivity contribution is 0.242. The Hall–Kier alpha value is 0.140. The second kappa shape index (κ2) is 11.6. The van der Waals surface area contributed by atoms with Gasteiger partial charge in [-0.25, -0.2) is 9.13 Å². The van der Waals surface area contributed by atoms with Crippen molar-refractivity contribution in [2.24, 2.45) is 0 Å². The number of hydrogen-bond donors (Lipinski definition) is 8. The van der Waals surface area contributed by atoms with Gasteiger partial charge in [-0.1, -0.05) is 0 Å². The molecule has 0 saturated heterocycles. The van der Waals surface area contributed by atoms with Crippen molar-refractivity contribution in [3.05, 3.63) is 0 Å². The minimum Gasteiger partial charge on any atom is -0.396 e. The Bertz CT molecular complexity index is 176. The number of hydrogen-bond acceptors (Lipinski definition) is 4. The van der Waals surface area contributed by atoms with E-state index in [1.165, 1.54) is 0 Å². The van der Waals surface area contributed by atoms with Crippen LogP contribution in [0.2, 0.25) is 0 Å². The fraction of sp³-hybridized carbons (Fsp3) is 1.00. The van der Waals surface area contributed by atoms with Crippen molar-refractivity contribution < 1.29 is 48.7 Å². The largest absolute Gasteiger partial charge is 0.466 e. The lowest BCUT2D eigenvalue weighted by Gasteiger charge is -1.85. The highest BCUT2D eigenvalue weighted by atomic mass is 31.2. The third kappa shape index (κ3) is 248. The SMILES string of the molecule is O=P(O)(O)O.O=P(O)(O)O.OCCCCO. The molecule has 0 aromatic heterocycles. The Labute approximate surface area is 91.3 Å². The van der Waals surface area contributed by atoms with Gasteiger partial charge in [0.25, 0.3) is 0 Å². The topological polar surface area (TPSA) is 196 Å². The molecule has 0 heterocycles. The molecular weight excluding hydrogens is 270 g/mol. The van der Waals surface area contributed by atoms with Gasteiger partial charge in [0, 0.05) is 13.2 Å². The molecule has 0 aromatic carbocycles. The van der Waals surface area contributed by atoms with Crippen LogP contribution in [0.15, 0.2) is 0 Å². The highest BCUT2D eigenvalue weighted by molar-refractivity contribution is 7.45. The standard InChI is InChI=1S/C4H10O2.2H3O4P/c5-3-1-2-4-6;2*1-5(2,3)4/h5-6H,1-4H2;2*(H3,1,2,3,4). The molecule has 16 heavy (non-hydrogen) atoms. The van der Waals surface area contributed by atoms with Gasteiger partial charge in [0.2, 0.25) is 0 Å². The van der Waals surface area contributed by atoms with Crippen LogP contribution in [0, 0.1) is 0 Å². The van der Waals surface area contributed by atoms with E-state index in [1.807, 2.05) is 0 Å². The Morgan fingerprint density at radius 1 is 0.625 bits per heavy atom. The first-order valence-electron chi connectivity index (χ1n) is 3.70. The van der Waals surface area contributed by atoms with Gasteiger partial charge < -0.3 is 39.6 Å². The first-order chi connectivity index (χ1) is 6.91. The molecule has 0 fully saturated rings. The molecule has 0 aliphatic heterocycles. The quantitative estimate of drug-likeness (QED) is 0.210. The van der Waals surface area contributed by atoms with Crippen LogP contribution in [0.5, 0.6) is 0 Å². The maximum absolute atomic E-state index is 8.88. The summed E-state index contributed by atoms with van der Waals surface area (Å²) in [5.74, 6) is 0. The van der Waals surface area contributed by atoms with Gasteiger partial charge in [0.15, 0.2) is 0 Å². The summed E-state index contributed by atoms with van der Waals surface area (Å²) in [6.07, 6.45) is 1.44. The van der Waals surface area contributed by atoms with Crippen LogP contribution in [0.3, 0.4) is 0 Å². The third-order valence-electron chi connectivity index (χ3n) is 0.566. The Kier molecular flexibility index (Phi) is 15.6. The number of aliphatic hydroxyl groups excluding tert-OH is 2. The van der Waals surface area contributed by atoms with Crippen molar-refractivity contribution in [2.45, 2.75) is 12.8 Å². The fourth-order valence-corrected chi connectivity index (χ4v) is 0.224. The molecule has 0 radical (unpaired) electrons. The van der Waals surface area contributed by atoms with E-state index in [9.17, 15) is 0 Å². The van der Waals surface area contributed by atoms with E-state index in [0.717, 1.165) is 12.8 Å². The van der Waals surface area contributed by atoms with Crippen molar-refractivity contribution >= 4 is 15.6 Å². The van der Waals surface area contributed by atoms with Crippen molar-refractivity contribution in [1.29, 1.82) is 0 Å². The summed E-state index contributed by atoms with van der Waals surface area (Å²) in [7, 11) is -9.28. The second-order valence-electron chi connectivity index (χ2n) is 2.18. The number of aliphatic hydroxyl groups is 2. The predicted molar refractivity (Wildman–Crippen MR) is 51.9 cm³/mol. The summed E-state index contributed by atoms with van der Waals surface area (Å²) < 4.78 is 17.8. The zero-order chi connectivity index (χ0) is 13.8. The number of rotatable bonds is 3. The van der Waals surface area contributed by atoms with E-state index in [4.69, 9.17) is 48.7 Å². The molecule has 0 aromatic rings. The van der Waals surface area contributed by atoms with Gasteiger partial charge in [-0.2, -0.15) is 0 Å². The molecule has 0 saturated carbocycles. The van der Waals surface area contributed by atoms with Gasteiger partial charge >= 0.3 is 15.6 Å². The average molecular weight is 286 g/mol. The lowest BCUT2D eigenvalue weighted by Crippen LogP contribution is -1.85. The van der Waals surface area contributed by atoms with Crippen LogP contribution >= 0.6 is 15.6 Å². The Balaban J connectivity index is -0.000000160. The molecule has 12 heteroatoms. The van der Waals surface area contributed by atoms with Gasteiger partial charge in [0.1, 0.15) is 0 Å². The molecule has 0 aliphatic carbocycles. The molecule has 0 rings (SSSR count). The van der Waals surface area contributed by atoms with Gasteiger partial charge in [-0.3, -0.25) is 0 Å². The van der Waals surface area contributed by atoms with Gasteiger partial charge in [-0.05, 0) is 12.8 Å². The minimum absolute atomic E-state index is 0.195. The van der Waals surface area contributed by atoms with Crippen molar-refractivity contribution in [1.82, 2.24) is 0 Å². The van der Waals surface area contributed by atoms with E-state index in [1.54, 1.807) is 0 Å². The summed E-state index contributed by atoms with van der Waals surface area (Å²) in [4.78, 5) is 43.1. The zero-order valence-corrected chi connectivity index (χ0v) is 9.91. The summed E-state index contributed by atoms with van der Waals surface area (Å²) in [6, 6.07) is 0. The summed E-state index contributed by atoms with van der Waals surface area (Å²) in [5, 5.41) is 16.2. The van der Waals surface area contributed by atoms with Crippen molar-refractivity contribution in [2.75, 3.05) is 13.2 Å². The molecule has 0 aliphatic rings. The maximum Gasteiger partial charge on any atom is 0.466 e.